The van der Waals surface area contributed by atoms with Gasteiger partial charge in [-0.15, -0.1) is 0 Å². The van der Waals surface area contributed by atoms with E-state index in [1.807, 2.05) is 0 Å². The maximum atomic E-state index is 10.0. The number of hydrogen-bond acceptors (Lipinski definition) is 2. The summed E-state index contributed by atoms with van der Waals surface area (Å²) in [5.41, 5.74) is 6.62. The Labute approximate surface area is 127 Å². The number of benzene rings is 2. The second-order valence-corrected chi connectivity index (χ2v) is 6.25. The van der Waals surface area contributed by atoms with Crippen molar-refractivity contribution in [3.05, 3.63) is 64.2 Å². The van der Waals surface area contributed by atoms with Crippen LogP contribution < -0.4 is 5.32 Å². The van der Waals surface area contributed by atoms with Crippen LogP contribution in [0.1, 0.15) is 34.7 Å². The molecule has 0 radical (unpaired) electrons. The van der Waals surface area contributed by atoms with Gasteiger partial charge in [-0.1, -0.05) is 35.4 Å². The monoisotopic (exact) mass is 283 g/mol. The van der Waals surface area contributed by atoms with Crippen LogP contribution in [0.25, 0.3) is 0 Å². The Morgan fingerprint density at radius 2 is 1.43 bits per heavy atom. The maximum Gasteiger partial charge on any atom is 0.0833 e. The average Bonchev–Trinajstić information content (AvgIpc) is 2.40. The van der Waals surface area contributed by atoms with Gasteiger partial charge in [-0.3, -0.25) is 0 Å². The highest BCUT2D eigenvalue weighted by Gasteiger charge is 2.29. The molecule has 2 aromatic rings. The molecule has 0 aliphatic carbocycles. The van der Waals surface area contributed by atoms with E-state index < -0.39 is 5.54 Å². The van der Waals surface area contributed by atoms with E-state index in [-0.39, 0.29) is 6.61 Å². The van der Waals surface area contributed by atoms with Gasteiger partial charge in [-0.25, -0.2) is 0 Å². The number of aryl methyl sites for hydroxylation is 4. The van der Waals surface area contributed by atoms with Crippen LogP contribution in [0.5, 0.6) is 0 Å². The van der Waals surface area contributed by atoms with Gasteiger partial charge in [0.15, 0.2) is 0 Å². The Balaban J connectivity index is 2.44. The lowest BCUT2D eigenvalue weighted by Gasteiger charge is -2.33. The van der Waals surface area contributed by atoms with E-state index in [4.69, 9.17) is 0 Å². The topological polar surface area (TPSA) is 32.3 Å². The van der Waals surface area contributed by atoms with Crippen molar-refractivity contribution in [2.45, 2.75) is 40.2 Å². The fourth-order valence-corrected chi connectivity index (χ4v) is 3.19. The minimum Gasteiger partial charge on any atom is -0.394 e. The molecule has 0 saturated carbocycles. The first kappa shape index (κ1) is 15.6. The van der Waals surface area contributed by atoms with Crippen molar-refractivity contribution in [2.75, 3.05) is 11.9 Å². The van der Waals surface area contributed by atoms with Gasteiger partial charge < -0.3 is 10.4 Å². The molecule has 2 rings (SSSR count). The van der Waals surface area contributed by atoms with E-state index in [1.54, 1.807) is 0 Å². The van der Waals surface area contributed by atoms with Gasteiger partial charge >= 0.3 is 0 Å². The quantitative estimate of drug-likeness (QED) is 0.879. The van der Waals surface area contributed by atoms with Crippen LogP contribution in [-0.2, 0) is 5.54 Å². The lowest BCUT2D eigenvalue weighted by atomic mass is 9.84. The third-order valence-corrected chi connectivity index (χ3v) is 4.02. The van der Waals surface area contributed by atoms with E-state index in [0.717, 1.165) is 5.69 Å². The predicted molar refractivity (Wildman–Crippen MR) is 89.9 cm³/mol. The summed E-state index contributed by atoms with van der Waals surface area (Å²) < 4.78 is 0. The molecule has 0 amide bonds. The fourth-order valence-electron chi connectivity index (χ4n) is 3.19. The SMILES string of the molecule is Cc1ccc(NC(C)(CO)c2c(C)cc(C)cc2C)cc1. The predicted octanol–water partition coefficient (Wildman–Crippen LogP) is 4.24. The van der Waals surface area contributed by atoms with Gasteiger partial charge in [-0.05, 0) is 63.4 Å². The molecule has 1 unspecified atom stereocenters. The summed E-state index contributed by atoms with van der Waals surface area (Å²) in [6.07, 6.45) is 0. The van der Waals surface area contributed by atoms with Crippen molar-refractivity contribution < 1.29 is 5.11 Å². The van der Waals surface area contributed by atoms with E-state index in [1.165, 1.54) is 27.8 Å². The normalized spacial score (nSPS) is 13.8. The Morgan fingerprint density at radius 1 is 0.905 bits per heavy atom. The van der Waals surface area contributed by atoms with Crippen LogP contribution in [-0.4, -0.2) is 11.7 Å². The number of anilines is 1. The van der Waals surface area contributed by atoms with Crippen LogP contribution in [0.3, 0.4) is 0 Å². The number of aliphatic hydroxyl groups is 1. The highest BCUT2D eigenvalue weighted by atomic mass is 16.3. The van der Waals surface area contributed by atoms with Crippen molar-refractivity contribution in [3.63, 3.8) is 0 Å². The van der Waals surface area contributed by atoms with Crippen LogP contribution in [0.4, 0.5) is 5.69 Å². The van der Waals surface area contributed by atoms with Crippen LogP contribution >= 0.6 is 0 Å². The van der Waals surface area contributed by atoms with Crippen molar-refractivity contribution in [1.82, 2.24) is 0 Å². The number of hydrogen-bond donors (Lipinski definition) is 2. The molecule has 0 heterocycles. The van der Waals surface area contributed by atoms with Crippen LogP contribution in [0.15, 0.2) is 36.4 Å². The Bertz CT molecular complexity index is 608. The maximum absolute atomic E-state index is 10.0. The molecule has 0 spiro atoms. The zero-order valence-electron chi connectivity index (χ0n) is 13.6. The Morgan fingerprint density at radius 3 is 1.90 bits per heavy atom. The first-order chi connectivity index (χ1) is 9.85. The van der Waals surface area contributed by atoms with Crippen molar-refractivity contribution in [1.29, 1.82) is 0 Å². The third-order valence-electron chi connectivity index (χ3n) is 4.02. The van der Waals surface area contributed by atoms with E-state index >= 15 is 0 Å². The molecule has 2 nitrogen and oxygen atoms in total. The molecule has 0 aromatic heterocycles. The van der Waals surface area contributed by atoms with Crippen molar-refractivity contribution >= 4 is 5.69 Å². The molecule has 0 bridgehead atoms. The summed E-state index contributed by atoms with van der Waals surface area (Å²) in [6, 6.07) is 12.6. The summed E-state index contributed by atoms with van der Waals surface area (Å²) in [7, 11) is 0. The zero-order chi connectivity index (χ0) is 15.6. The molecular formula is C19H25NO. The van der Waals surface area contributed by atoms with Gasteiger partial charge in [0.1, 0.15) is 0 Å². The Hall–Kier alpha value is -1.80. The smallest absolute Gasteiger partial charge is 0.0833 e. The molecule has 21 heavy (non-hydrogen) atoms. The molecule has 0 aliphatic heterocycles. The number of aliphatic hydroxyl groups excluding tert-OH is 1. The van der Waals surface area contributed by atoms with E-state index in [9.17, 15) is 5.11 Å². The minimum absolute atomic E-state index is 0.0472. The van der Waals surface area contributed by atoms with Gasteiger partial charge in [0.05, 0.1) is 12.1 Å². The Kier molecular flexibility index (Phi) is 4.38. The molecule has 0 aliphatic rings. The van der Waals surface area contributed by atoms with E-state index in [2.05, 4.69) is 76.3 Å². The molecule has 2 heteroatoms. The molecule has 112 valence electrons. The van der Waals surface area contributed by atoms with Crippen molar-refractivity contribution in [3.8, 4) is 0 Å². The third kappa shape index (κ3) is 3.27. The second-order valence-electron chi connectivity index (χ2n) is 6.25. The van der Waals surface area contributed by atoms with Gasteiger partial charge in [0, 0.05) is 5.69 Å². The van der Waals surface area contributed by atoms with Crippen molar-refractivity contribution in [2.24, 2.45) is 0 Å². The standard InChI is InChI=1S/C19H25NO/c1-13-6-8-17(9-7-13)20-19(5,12-21)18-15(3)10-14(2)11-16(18)4/h6-11,20-21H,12H2,1-5H3. The molecule has 0 saturated heterocycles. The summed E-state index contributed by atoms with van der Waals surface area (Å²) in [5.74, 6) is 0. The lowest BCUT2D eigenvalue weighted by molar-refractivity contribution is 0.223. The fraction of sp³-hybridized carbons (Fsp3) is 0.368. The van der Waals surface area contributed by atoms with Gasteiger partial charge in [0.25, 0.3) is 0 Å². The molecule has 1 atom stereocenters. The minimum atomic E-state index is -0.489. The van der Waals surface area contributed by atoms with Crippen LogP contribution in [0.2, 0.25) is 0 Å². The molecule has 2 N–H and O–H groups in total. The molecule has 0 fully saturated rings. The molecule has 2 aromatic carbocycles. The second kappa shape index (κ2) is 5.90. The summed E-state index contributed by atoms with van der Waals surface area (Å²) in [6.45, 7) is 10.5. The van der Waals surface area contributed by atoms with Crippen LogP contribution in [0, 0.1) is 27.7 Å². The summed E-state index contributed by atoms with van der Waals surface area (Å²) >= 11 is 0. The number of nitrogens with one attached hydrogen (secondary N) is 1. The molecular weight excluding hydrogens is 258 g/mol. The van der Waals surface area contributed by atoms with Gasteiger partial charge in [0.2, 0.25) is 0 Å². The zero-order valence-corrected chi connectivity index (χ0v) is 13.6. The lowest BCUT2D eigenvalue weighted by Crippen LogP contribution is -2.37. The highest BCUT2D eigenvalue weighted by Crippen LogP contribution is 2.31. The van der Waals surface area contributed by atoms with Gasteiger partial charge in [-0.2, -0.15) is 0 Å². The summed E-state index contributed by atoms with van der Waals surface area (Å²) in [5, 5.41) is 13.5. The first-order valence-electron chi connectivity index (χ1n) is 7.40. The first-order valence-corrected chi connectivity index (χ1v) is 7.40. The largest absolute Gasteiger partial charge is 0.394 e. The van der Waals surface area contributed by atoms with E-state index in [0.29, 0.717) is 0 Å². The highest BCUT2D eigenvalue weighted by molar-refractivity contribution is 5.52. The number of rotatable bonds is 4. The average molecular weight is 283 g/mol. The summed E-state index contributed by atoms with van der Waals surface area (Å²) in [4.78, 5) is 0.